The van der Waals surface area contributed by atoms with Gasteiger partial charge in [0.2, 0.25) is 0 Å². The van der Waals surface area contributed by atoms with Gasteiger partial charge in [-0.15, -0.1) is 0 Å². The second-order valence-electron chi connectivity index (χ2n) is 6.31. The zero-order valence-corrected chi connectivity index (χ0v) is 14.4. The molecule has 1 aliphatic carbocycles. The number of rotatable bonds is 4. The molecule has 4 nitrogen and oxygen atoms in total. The number of hydrogen-bond acceptors (Lipinski definition) is 3. The molecule has 1 unspecified atom stereocenters. The van der Waals surface area contributed by atoms with E-state index in [1.54, 1.807) is 7.11 Å². The molecule has 1 saturated heterocycles. The third kappa shape index (κ3) is 2.49. The van der Waals surface area contributed by atoms with Crippen molar-refractivity contribution in [2.45, 2.75) is 50.9 Å². The number of halogens is 1. The first-order chi connectivity index (χ1) is 10.8. The summed E-state index contributed by atoms with van der Waals surface area (Å²) in [5, 5.41) is 5.81. The molecule has 2 aromatic rings. The molecule has 0 amide bonds. The number of fused-ring (bicyclic) bond motifs is 1. The van der Waals surface area contributed by atoms with Gasteiger partial charge < -0.3 is 9.47 Å². The van der Waals surface area contributed by atoms with Crippen LogP contribution in [-0.2, 0) is 16.1 Å². The standard InChI is InChI=1S/C17H21BrN2O2/c1-21-10-12-8-14-13(17(18)16(12)11-5-6-11)9-19-20(14)15-4-2-3-7-22-15/h8-9,11,15H,2-7,10H2,1H3. The van der Waals surface area contributed by atoms with Gasteiger partial charge in [-0.1, -0.05) is 0 Å². The fraction of sp³-hybridized carbons (Fsp3) is 0.588. The van der Waals surface area contributed by atoms with Gasteiger partial charge in [-0.2, -0.15) is 5.10 Å². The summed E-state index contributed by atoms with van der Waals surface area (Å²) in [5.74, 6) is 0.679. The number of nitrogens with zero attached hydrogens (tertiary/aromatic N) is 2. The molecular formula is C17H21BrN2O2. The maximum atomic E-state index is 5.91. The fourth-order valence-corrected chi connectivity index (χ4v) is 4.33. The lowest BCUT2D eigenvalue weighted by Crippen LogP contribution is -2.19. The minimum absolute atomic E-state index is 0.0697. The van der Waals surface area contributed by atoms with E-state index < -0.39 is 0 Å². The lowest BCUT2D eigenvalue weighted by atomic mass is 10.0. The Bertz CT molecular complexity index is 688. The van der Waals surface area contributed by atoms with Crippen molar-refractivity contribution < 1.29 is 9.47 Å². The number of aromatic nitrogens is 2. The highest BCUT2D eigenvalue weighted by molar-refractivity contribution is 9.10. The zero-order valence-electron chi connectivity index (χ0n) is 12.8. The van der Waals surface area contributed by atoms with E-state index in [1.165, 1.54) is 40.2 Å². The highest BCUT2D eigenvalue weighted by atomic mass is 79.9. The summed E-state index contributed by atoms with van der Waals surface area (Å²) in [7, 11) is 1.76. The van der Waals surface area contributed by atoms with Crippen LogP contribution in [-0.4, -0.2) is 23.5 Å². The minimum atomic E-state index is 0.0697. The molecule has 2 aliphatic rings. The summed E-state index contributed by atoms with van der Waals surface area (Å²) >= 11 is 3.83. The van der Waals surface area contributed by atoms with E-state index in [-0.39, 0.29) is 6.23 Å². The molecule has 0 radical (unpaired) electrons. The largest absolute Gasteiger partial charge is 0.380 e. The van der Waals surface area contributed by atoms with Gasteiger partial charge in [-0.25, -0.2) is 4.68 Å². The Morgan fingerprint density at radius 3 is 2.91 bits per heavy atom. The first kappa shape index (κ1) is 14.7. The molecule has 2 heterocycles. The monoisotopic (exact) mass is 364 g/mol. The normalized spacial score (nSPS) is 22.4. The van der Waals surface area contributed by atoms with Crippen LogP contribution in [0.1, 0.15) is 55.4 Å². The van der Waals surface area contributed by atoms with Gasteiger partial charge in [0, 0.05) is 23.6 Å². The van der Waals surface area contributed by atoms with Gasteiger partial charge in [0.15, 0.2) is 6.23 Å². The van der Waals surface area contributed by atoms with Crippen molar-refractivity contribution in [3.63, 3.8) is 0 Å². The van der Waals surface area contributed by atoms with Crippen molar-refractivity contribution in [2.75, 3.05) is 13.7 Å². The SMILES string of the molecule is COCc1cc2c(cnn2C2CCCCO2)c(Br)c1C1CC1. The van der Waals surface area contributed by atoms with Crippen LogP contribution in [0.3, 0.4) is 0 Å². The first-order valence-electron chi connectivity index (χ1n) is 8.08. The van der Waals surface area contributed by atoms with Crippen molar-refractivity contribution in [3.05, 3.63) is 27.9 Å². The Kier molecular flexibility index (Phi) is 3.96. The molecule has 1 aliphatic heterocycles. The van der Waals surface area contributed by atoms with Crippen LogP contribution in [0.15, 0.2) is 16.7 Å². The maximum absolute atomic E-state index is 5.91. The van der Waals surface area contributed by atoms with Crippen molar-refractivity contribution in [1.82, 2.24) is 9.78 Å². The summed E-state index contributed by atoms with van der Waals surface area (Å²) < 4.78 is 14.6. The highest BCUT2D eigenvalue weighted by Crippen LogP contribution is 2.47. The molecule has 1 aromatic carbocycles. The average molecular weight is 365 g/mol. The van der Waals surface area contributed by atoms with Crippen LogP contribution in [0.25, 0.3) is 10.9 Å². The molecule has 0 bridgehead atoms. The summed E-state index contributed by atoms with van der Waals surface area (Å²) in [6, 6.07) is 2.25. The smallest absolute Gasteiger partial charge is 0.150 e. The van der Waals surface area contributed by atoms with Crippen LogP contribution in [0, 0.1) is 0 Å². The van der Waals surface area contributed by atoms with Crippen LogP contribution in [0.5, 0.6) is 0 Å². The molecule has 1 aromatic heterocycles. The summed E-state index contributed by atoms with van der Waals surface area (Å²) in [6.07, 6.45) is 8.00. The Morgan fingerprint density at radius 2 is 2.23 bits per heavy atom. The molecule has 5 heteroatoms. The van der Waals surface area contributed by atoms with E-state index in [0.29, 0.717) is 12.5 Å². The third-order valence-electron chi connectivity index (χ3n) is 4.68. The molecule has 2 fully saturated rings. The van der Waals surface area contributed by atoms with Gasteiger partial charge in [-0.3, -0.25) is 0 Å². The van der Waals surface area contributed by atoms with E-state index in [9.17, 15) is 0 Å². The average Bonchev–Trinajstić information content (AvgIpc) is 3.27. The van der Waals surface area contributed by atoms with Gasteiger partial charge in [0.1, 0.15) is 0 Å². The van der Waals surface area contributed by atoms with Gasteiger partial charge in [0.05, 0.1) is 18.3 Å². The Hall–Kier alpha value is -0.910. The van der Waals surface area contributed by atoms with Crippen molar-refractivity contribution in [3.8, 4) is 0 Å². The highest BCUT2D eigenvalue weighted by Gasteiger charge is 2.30. The molecule has 118 valence electrons. The van der Waals surface area contributed by atoms with E-state index in [0.717, 1.165) is 25.0 Å². The molecular weight excluding hydrogens is 344 g/mol. The predicted octanol–water partition coefficient (Wildman–Crippen LogP) is 4.52. The summed E-state index contributed by atoms with van der Waals surface area (Å²) in [5.41, 5.74) is 3.84. The minimum Gasteiger partial charge on any atom is -0.380 e. The Labute approximate surface area is 138 Å². The van der Waals surface area contributed by atoms with Crippen molar-refractivity contribution in [1.29, 1.82) is 0 Å². The molecule has 1 saturated carbocycles. The van der Waals surface area contributed by atoms with Crippen molar-refractivity contribution >= 4 is 26.8 Å². The first-order valence-corrected chi connectivity index (χ1v) is 8.88. The number of hydrogen-bond donors (Lipinski definition) is 0. The molecule has 22 heavy (non-hydrogen) atoms. The van der Waals surface area contributed by atoms with E-state index in [2.05, 4.69) is 31.8 Å². The topological polar surface area (TPSA) is 36.3 Å². The molecule has 1 atom stereocenters. The lowest BCUT2D eigenvalue weighted by Gasteiger charge is -2.24. The summed E-state index contributed by atoms with van der Waals surface area (Å²) in [4.78, 5) is 0. The maximum Gasteiger partial charge on any atom is 0.150 e. The fourth-order valence-electron chi connectivity index (χ4n) is 3.45. The predicted molar refractivity (Wildman–Crippen MR) is 89.0 cm³/mol. The van der Waals surface area contributed by atoms with Crippen LogP contribution < -0.4 is 0 Å². The quantitative estimate of drug-likeness (QED) is 0.799. The second kappa shape index (κ2) is 5.95. The van der Waals surface area contributed by atoms with Gasteiger partial charge in [-0.05, 0) is 71.1 Å². The van der Waals surface area contributed by atoms with Gasteiger partial charge >= 0.3 is 0 Å². The third-order valence-corrected chi connectivity index (χ3v) is 5.53. The van der Waals surface area contributed by atoms with Gasteiger partial charge in [0.25, 0.3) is 0 Å². The van der Waals surface area contributed by atoms with Crippen molar-refractivity contribution in [2.24, 2.45) is 0 Å². The van der Waals surface area contributed by atoms with E-state index in [4.69, 9.17) is 9.47 Å². The van der Waals surface area contributed by atoms with Crippen LogP contribution in [0.2, 0.25) is 0 Å². The Balaban J connectivity index is 1.83. The summed E-state index contributed by atoms with van der Waals surface area (Å²) in [6.45, 7) is 1.48. The number of benzene rings is 1. The van der Waals surface area contributed by atoms with E-state index in [1.807, 2.05) is 6.20 Å². The van der Waals surface area contributed by atoms with Crippen LogP contribution >= 0.6 is 15.9 Å². The van der Waals surface area contributed by atoms with Crippen LogP contribution in [0.4, 0.5) is 0 Å². The lowest BCUT2D eigenvalue weighted by molar-refractivity contribution is -0.0366. The van der Waals surface area contributed by atoms with E-state index >= 15 is 0 Å². The molecule has 0 N–H and O–H groups in total. The number of ether oxygens (including phenoxy) is 2. The number of methoxy groups -OCH3 is 1. The second-order valence-corrected chi connectivity index (χ2v) is 7.11. The Morgan fingerprint density at radius 1 is 1.36 bits per heavy atom. The molecule has 4 rings (SSSR count). The zero-order chi connectivity index (χ0) is 15.1. The molecule has 0 spiro atoms.